The highest BCUT2D eigenvalue weighted by Gasteiger charge is 2.57. The number of phenolic OH excluding ortho intramolecular Hbond substituents is 1. The summed E-state index contributed by atoms with van der Waals surface area (Å²) in [5.74, 6) is -1.54. The first kappa shape index (κ1) is 31.0. The fourth-order valence-corrected chi connectivity index (χ4v) is 8.15. The van der Waals surface area contributed by atoms with Gasteiger partial charge in [-0.05, 0) is 118 Å². The van der Waals surface area contributed by atoms with Crippen LogP contribution >= 0.6 is 33.9 Å². The summed E-state index contributed by atoms with van der Waals surface area (Å²) in [6, 6.07) is 13.1. The van der Waals surface area contributed by atoms with E-state index in [-0.39, 0.29) is 37.0 Å². The summed E-state index contributed by atoms with van der Waals surface area (Å²) < 4.78 is 12.1. The summed E-state index contributed by atoms with van der Waals surface area (Å²) >= 11 is 3.56. The SMILES string of the molecule is COc1cc(/C=C(/CC[C@H]2OB(O)C[C@H]3C2=C(CO)C[C@H]2C(=O)N(Cc4cccs4)C(=O)[C@H]23)c2ccccn2)cc(I)c1O. The molecule has 1 aliphatic carbocycles. The zero-order chi connectivity index (χ0) is 31.0. The number of carbonyl (C=O) groups excluding carboxylic acids is 2. The summed E-state index contributed by atoms with van der Waals surface area (Å²) in [5.41, 5.74) is 4.04. The van der Waals surface area contributed by atoms with Gasteiger partial charge in [0.15, 0.2) is 11.5 Å². The van der Waals surface area contributed by atoms with Crippen LogP contribution in [0.15, 0.2) is 65.2 Å². The number of amides is 2. The number of rotatable bonds is 9. The van der Waals surface area contributed by atoms with Crippen LogP contribution in [-0.2, 0) is 20.8 Å². The van der Waals surface area contributed by atoms with E-state index >= 15 is 0 Å². The third-order valence-electron chi connectivity index (χ3n) is 8.77. The van der Waals surface area contributed by atoms with Gasteiger partial charge in [-0.15, -0.1) is 11.3 Å². The number of methoxy groups -OCH3 is 1. The van der Waals surface area contributed by atoms with Gasteiger partial charge >= 0.3 is 7.12 Å². The number of hydrogen-bond acceptors (Lipinski definition) is 9. The highest BCUT2D eigenvalue weighted by Crippen LogP contribution is 2.51. The van der Waals surface area contributed by atoms with Crippen molar-refractivity contribution in [1.82, 2.24) is 9.88 Å². The lowest BCUT2D eigenvalue weighted by molar-refractivity contribution is -0.140. The Bertz CT molecular complexity index is 1610. The lowest BCUT2D eigenvalue weighted by atomic mass is 9.58. The van der Waals surface area contributed by atoms with Crippen LogP contribution in [0, 0.1) is 21.3 Å². The number of nitrogens with zero attached hydrogens (tertiary/aromatic N) is 2. The minimum Gasteiger partial charge on any atom is -0.504 e. The summed E-state index contributed by atoms with van der Waals surface area (Å²) in [5, 5.41) is 33.6. The second kappa shape index (κ2) is 13.1. The van der Waals surface area contributed by atoms with Gasteiger partial charge in [-0.2, -0.15) is 0 Å². The number of likely N-dealkylation sites (tertiary alicyclic amines) is 1. The Balaban J connectivity index is 1.30. The van der Waals surface area contributed by atoms with Crippen molar-refractivity contribution in [3.63, 3.8) is 0 Å². The Morgan fingerprint density at radius 1 is 1.23 bits per heavy atom. The van der Waals surface area contributed by atoms with Gasteiger partial charge in [0.25, 0.3) is 0 Å². The quantitative estimate of drug-likeness (QED) is 0.125. The van der Waals surface area contributed by atoms with E-state index in [1.807, 2.05) is 47.9 Å². The number of allylic oxidation sites excluding steroid dienone is 1. The van der Waals surface area contributed by atoms with Gasteiger partial charge in [0.2, 0.25) is 11.8 Å². The van der Waals surface area contributed by atoms with Gasteiger partial charge in [0.1, 0.15) is 0 Å². The number of fused-ring (bicyclic) bond motifs is 3. The van der Waals surface area contributed by atoms with Crippen molar-refractivity contribution in [2.75, 3.05) is 13.7 Å². The van der Waals surface area contributed by atoms with E-state index in [9.17, 15) is 24.8 Å². The molecule has 4 heterocycles. The molecule has 2 amide bonds. The average Bonchev–Trinajstić information content (AvgIpc) is 3.63. The molecule has 4 atom stereocenters. The van der Waals surface area contributed by atoms with E-state index in [0.717, 1.165) is 27.3 Å². The molecule has 0 radical (unpaired) electrons. The number of carbonyl (C=O) groups is 2. The number of pyridine rings is 1. The van der Waals surface area contributed by atoms with Gasteiger partial charge in [-0.1, -0.05) is 12.1 Å². The lowest BCUT2D eigenvalue weighted by Crippen LogP contribution is -2.46. The van der Waals surface area contributed by atoms with Crippen LogP contribution in [0.5, 0.6) is 11.5 Å². The molecule has 1 aromatic carbocycles. The maximum atomic E-state index is 13.8. The molecule has 228 valence electrons. The van der Waals surface area contributed by atoms with Gasteiger partial charge in [-0.25, -0.2) is 0 Å². The van der Waals surface area contributed by atoms with E-state index in [1.165, 1.54) is 23.3 Å². The van der Waals surface area contributed by atoms with E-state index in [0.29, 0.717) is 34.2 Å². The van der Waals surface area contributed by atoms with Crippen molar-refractivity contribution in [3.8, 4) is 11.5 Å². The van der Waals surface area contributed by atoms with Gasteiger partial charge in [-0.3, -0.25) is 19.5 Å². The van der Waals surface area contributed by atoms with Crippen molar-refractivity contribution in [1.29, 1.82) is 0 Å². The number of phenols is 1. The fraction of sp³-hybridized carbons (Fsp3) is 0.344. The monoisotopic (exact) mass is 726 g/mol. The maximum absolute atomic E-state index is 13.8. The van der Waals surface area contributed by atoms with Crippen LogP contribution < -0.4 is 4.74 Å². The Labute approximate surface area is 273 Å². The van der Waals surface area contributed by atoms with Gasteiger partial charge in [0, 0.05) is 11.1 Å². The molecular weight excluding hydrogens is 694 g/mol. The average molecular weight is 726 g/mol. The van der Waals surface area contributed by atoms with Crippen molar-refractivity contribution < 1.29 is 34.2 Å². The molecule has 12 heteroatoms. The maximum Gasteiger partial charge on any atom is 0.455 e. The minimum absolute atomic E-state index is 0.0771. The van der Waals surface area contributed by atoms with Gasteiger partial charge in [0.05, 0.1) is 47.5 Å². The first-order valence-corrected chi connectivity index (χ1v) is 16.5. The molecule has 0 spiro atoms. The standard InChI is InChI=1S/C32H32BIN2O7S/c1-42-27-13-18(12-24(34)30(27)38)11-19(25-6-2-3-9-35-25)7-8-26-28-20(17-37)14-22-29(23(28)15-33(41)43-26)32(40)36(31(22)39)16-21-5-4-10-44-21/h2-6,9-13,22-23,26,29,37-38,41H,7-8,14-17H2,1H3/b19-11-/t22-,23+,26-,29-/m1/s1. The summed E-state index contributed by atoms with van der Waals surface area (Å²) in [6.07, 6.45) is 4.61. The number of aromatic hydroxyl groups is 1. The zero-order valence-electron chi connectivity index (χ0n) is 24.1. The number of aliphatic hydroxyl groups is 1. The van der Waals surface area contributed by atoms with Crippen LogP contribution in [0.1, 0.15) is 35.4 Å². The number of aromatic nitrogens is 1. The highest BCUT2D eigenvalue weighted by atomic mass is 127. The molecule has 0 unspecified atom stereocenters. The predicted octanol–water partition coefficient (Wildman–Crippen LogP) is 4.77. The minimum atomic E-state index is -1.10. The Hall–Kier alpha value is -3.04. The Kier molecular flexibility index (Phi) is 9.25. The van der Waals surface area contributed by atoms with Crippen LogP contribution in [0.2, 0.25) is 6.32 Å². The summed E-state index contributed by atoms with van der Waals surface area (Å²) in [6.45, 7) is -0.00732. The van der Waals surface area contributed by atoms with E-state index in [1.54, 1.807) is 12.3 Å². The number of imide groups is 1. The smallest absolute Gasteiger partial charge is 0.455 e. The molecule has 3 N–H and O–H groups in total. The molecule has 3 aromatic rings. The summed E-state index contributed by atoms with van der Waals surface area (Å²) in [4.78, 5) is 34.1. The molecular formula is C32H32BIN2O7S. The molecule has 2 aliphatic heterocycles. The molecule has 0 bridgehead atoms. The lowest BCUT2D eigenvalue weighted by Gasteiger charge is -2.43. The first-order chi connectivity index (χ1) is 21.3. The van der Waals surface area contributed by atoms with Crippen LogP contribution in [-0.4, -0.2) is 63.9 Å². The highest BCUT2D eigenvalue weighted by molar-refractivity contribution is 14.1. The Morgan fingerprint density at radius 2 is 2.07 bits per heavy atom. The van der Waals surface area contributed by atoms with Crippen LogP contribution in [0.3, 0.4) is 0 Å². The molecule has 3 aliphatic rings. The second-order valence-electron chi connectivity index (χ2n) is 11.3. The molecule has 2 fully saturated rings. The van der Waals surface area contributed by atoms with Crippen molar-refractivity contribution >= 4 is 64.5 Å². The number of halogens is 1. The first-order valence-electron chi connectivity index (χ1n) is 14.5. The number of benzene rings is 1. The van der Waals surface area contributed by atoms with Crippen molar-refractivity contribution in [2.45, 2.75) is 38.2 Å². The molecule has 9 nitrogen and oxygen atoms in total. The zero-order valence-corrected chi connectivity index (χ0v) is 27.0. The topological polar surface area (TPSA) is 129 Å². The third-order valence-corrected chi connectivity index (χ3v) is 10.4. The molecule has 44 heavy (non-hydrogen) atoms. The van der Waals surface area contributed by atoms with Gasteiger partial charge < -0.3 is 24.6 Å². The van der Waals surface area contributed by atoms with Crippen LogP contribution in [0.4, 0.5) is 0 Å². The fourth-order valence-electron chi connectivity index (χ4n) is 6.84. The van der Waals surface area contributed by atoms with E-state index in [4.69, 9.17) is 9.39 Å². The molecule has 2 saturated heterocycles. The van der Waals surface area contributed by atoms with Crippen molar-refractivity contribution in [3.05, 3.63) is 84.9 Å². The summed E-state index contributed by atoms with van der Waals surface area (Å²) in [7, 11) is 0.401. The predicted molar refractivity (Wildman–Crippen MR) is 175 cm³/mol. The second-order valence-corrected chi connectivity index (χ2v) is 13.5. The Morgan fingerprint density at radius 3 is 2.77 bits per heavy atom. The van der Waals surface area contributed by atoms with E-state index < -0.39 is 31.0 Å². The van der Waals surface area contributed by atoms with Crippen LogP contribution in [0.25, 0.3) is 11.6 Å². The number of aliphatic hydroxyl groups excluding tert-OH is 1. The van der Waals surface area contributed by atoms with E-state index in [2.05, 4.69) is 27.6 Å². The normalized spacial score (nSPS) is 23.7. The third kappa shape index (κ3) is 5.97. The van der Waals surface area contributed by atoms with Crippen molar-refractivity contribution in [2.24, 2.45) is 17.8 Å². The molecule has 6 rings (SSSR count). The number of ether oxygens (including phenoxy) is 1. The largest absolute Gasteiger partial charge is 0.504 e. The number of hydrogen-bond donors (Lipinski definition) is 3. The number of thiophene rings is 1. The molecule has 2 aromatic heterocycles. The molecule has 0 saturated carbocycles.